The maximum absolute atomic E-state index is 11.6. The summed E-state index contributed by atoms with van der Waals surface area (Å²) in [6.07, 6.45) is -0.641. The predicted molar refractivity (Wildman–Crippen MR) is 109 cm³/mol. The average Bonchev–Trinajstić information content (AvgIpc) is 3.30. The molecule has 0 aliphatic carbocycles. The highest BCUT2D eigenvalue weighted by molar-refractivity contribution is 5.85. The smallest absolute Gasteiger partial charge is 0.420 e. The minimum absolute atomic E-state index is 0.113. The number of hydrogen-bond donors (Lipinski definition) is 2. The molecule has 3 aromatic carbocycles. The summed E-state index contributed by atoms with van der Waals surface area (Å²) in [4.78, 5) is 19.7. The molecule has 0 radical (unpaired) electrons. The summed E-state index contributed by atoms with van der Waals surface area (Å²) in [5.74, 6) is 0.455. The molecule has 8 nitrogen and oxygen atoms in total. The number of ether oxygens (including phenoxy) is 1. The Labute approximate surface area is 164 Å². The van der Waals surface area contributed by atoms with Gasteiger partial charge in [0.25, 0.3) is 6.01 Å². The van der Waals surface area contributed by atoms with Crippen molar-refractivity contribution in [3.63, 3.8) is 0 Å². The largest absolute Gasteiger partial charge is 0.424 e. The predicted octanol–water partition coefficient (Wildman–Crippen LogP) is 4.85. The fourth-order valence-corrected chi connectivity index (χ4v) is 2.52. The van der Waals surface area contributed by atoms with E-state index in [2.05, 4.69) is 15.3 Å². The number of para-hydroxylation sites is 5. The van der Waals surface area contributed by atoms with Crippen molar-refractivity contribution in [2.24, 2.45) is 0 Å². The lowest BCUT2D eigenvalue weighted by Crippen LogP contribution is -2.16. The molecule has 0 aliphatic heterocycles. The van der Waals surface area contributed by atoms with Crippen molar-refractivity contribution in [1.29, 1.82) is 0 Å². The summed E-state index contributed by atoms with van der Waals surface area (Å²) < 4.78 is 15.5. The van der Waals surface area contributed by atoms with Gasteiger partial charge in [0.2, 0.25) is 0 Å². The summed E-state index contributed by atoms with van der Waals surface area (Å²) in [5, 5.41) is 2.44. The van der Waals surface area contributed by atoms with Crippen LogP contribution in [0.15, 0.2) is 87.7 Å². The van der Waals surface area contributed by atoms with E-state index in [1.165, 1.54) is 0 Å². The van der Waals surface area contributed by atoms with Crippen LogP contribution in [0.5, 0.6) is 5.75 Å². The van der Waals surface area contributed by atoms with Crippen LogP contribution < -0.4 is 15.8 Å². The highest BCUT2D eigenvalue weighted by Gasteiger charge is 2.10. The SMILES string of the molecule is Nc1nc2ccccc2o1.O=C(Nc1nc2ccccc2o1)Oc1ccccc1. The molecule has 0 atom stereocenters. The number of nitrogen functional groups attached to an aromatic ring is 1. The molecule has 0 fully saturated rings. The molecule has 144 valence electrons. The quantitative estimate of drug-likeness (QED) is 0.444. The first-order valence-electron chi connectivity index (χ1n) is 8.68. The summed E-state index contributed by atoms with van der Waals surface area (Å²) in [6.45, 7) is 0. The van der Waals surface area contributed by atoms with E-state index in [1.54, 1.807) is 36.4 Å². The molecule has 2 heterocycles. The number of nitrogens with one attached hydrogen (secondary N) is 1. The minimum atomic E-state index is -0.641. The molecule has 0 spiro atoms. The Hall–Kier alpha value is -4.33. The van der Waals surface area contributed by atoms with Crippen molar-refractivity contribution in [3.05, 3.63) is 78.9 Å². The first-order chi connectivity index (χ1) is 14.2. The number of rotatable bonds is 2. The zero-order chi connectivity index (χ0) is 20.1. The van der Waals surface area contributed by atoms with Crippen molar-refractivity contribution < 1.29 is 18.4 Å². The number of fused-ring (bicyclic) bond motifs is 2. The van der Waals surface area contributed by atoms with Crippen LogP contribution in [0.2, 0.25) is 0 Å². The van der Waals surface area contributed by atoms with Crippen LogP contribution in [0.1, 0.15) is 0 Å². The number of carbonyl (C=O) groups excluding carboxylic acids is 1. The molecule has 5 aromatic rings. The van der Waals surface area contributed by atoms with Crippen molar-refractivity contribution in [2.75, 3.05) is 11.1 Å². The van der Waals surface area contributed by atoms with Gasteiger partial charge in [0.15, 0.2) is 11.2 Å². The number of benzene rings is 3. The van der Waals surface area contributed by atoms with Gasteiger partial charge in [-0.2, -0.15) is 9.97 Å². The molecule has 8 heteroatoms. The normalized spacial score (nSPS) is 10.3. The Morgan fingerprint density at radius 3 is 2.03 bits per heavy atom. The van der Waals surface area contributed by atoms with Gasteiger partial charge in [-0.1, -0.05) is 42.5 Å². The standard InChI is InChI=1S/C14H10N2O3.C7H6N2O/c17-14(18-10-6-2-1-3-7-10)16-13-15-11-8-4-5-9-12(11)19-13;8-7-9-5-3-1-2-4-6(5)10-7/h1-9H,(H,15,16,17);1-4H,(H2,8,9). The molecule has 0 saturated heterocycles. The van der Waals surface area contributed by atoms with Crippen molar-refractivity contribution >= 4 is 40.3 Å². The van der Waals surface area contributed by atoms with Crippen molar-refractivity contribution in [2.45, 2.75) is 0 Å². The third-order valence-electron chi connectivity index (χ3n) is 3.77. The third-order valence-corrected chi connectivity index (χ3v) is 3.77. The highest BCUT2D eigenvalue weighted by Crippen LogP contribution is 2.18. The maximum atomic E-state index is 11.6. The molecule has 3 N–H and O–H groups in total. The molecule has 1 amide bonds. The Morgan fingerprint density at radius 2 is 1.38 bits per heavy atom. The molecule has 29 heavy (non-hydrogen) atoms. The number of nitrogens with zero attached hydrogens (tertiary/aromatic N) is 2. The zero-order valence-corrected chi connectivity index (χ0v) is 15.1. The Kier molecular flexibility index (Phi) is 5.06. The van der Waals surface area contributed by atoms with E-state index in [-0.39, 0.29) is 12.0 Å². The first kappa shape index (κ1) is 18.1. The second-order valence-corrected chi connectivity index (χ2v) is 5.83. The summed E-state index contributed by atoms with van der Waals surface area (Å²) >= 11 is 0. The number of carbonyl (C=O) groups is 1. The molecule has 0 bridgehead atoms. The summed E-state index contributed by atoms with van der Waals surface area (Å²) in [5.41, 5.74) is 8.14. The number of nitrogens with two attached hydrogens (primary N) is 1. The molecule has 0 aliphatic rings. The number of aromatic nitrogens is 2. The topological polar surface area (TPSA) is 116 Å². The van der Waals surface area contributed by atoms with Crippen LogP contribution >= 0.6 is 0 Å². The van der Waals surface area contributed by atoms with Crippen LogP contribution in [0.25, 0.3) is 22.2 Å². The Balaban J connectivity index is 0.000000171. The molecule has 0 unspecified atom stereocenters. The van der Waals surface area contributed by atoms with Gasteiger partial charge in [-0.15, -0.1) is 0 Å². The van der Waals surface area contributed by atoms with Crippen molar-refractivity contribution in [3.8, 4) is 5.75 Å². The van der Waals surface area contributed by atoms with Gasteiger partial charge in [-0.25, -0.2) is 10.1 Å². The molecular formula is C21H16N4O4. The van der Waals surface area contributed by atoms with E-state index in [1.807, 2.05) is 42.5 Å². The van der Waals surface area contributed by atoms with E-state index >= 15 is 0 Å². The zero-order valence-electron chi connectivity index (χ0n) is 15.1. The number of amides is 1. The average molecular weight is 388 g/mol. The molecular weight excluding hydrogens is 372 g/mol. The second-order valence-electron chi connectivity index (χ2n) is 5.83. The number of oxazole rings is 2. The fourth-order valence-electron chi connectivity index (χ4n) is 2.52. The lowest BCUT2D eigenvalue weighted by molar-refractivity contribution is 0.214. The van der Waals surface area contributed by atoms with Crippen LogP contribution in [0, 0.1) is 0 Å². The minimum Gasteiger partial charge on any atom is -0.424 e. The van der Waals surface area contributed by atoms with E-state index < -0.39 is 6.09 Å². The summed E-state index contributed by atoms with van der Waals surface area (Å²) in [7, 11) is 0. The van der Waals surface area contributed by atoms with Gasteiger partial charge in [0.1, 0.15) is 16.8 Å². The lowest BCUT2D eigenvalue weighted by atomic mass is 10.3. The first-order valence-corrected chi connectivity index (χ1v) is 8.68. The lowest BCUT2D eigenvalue weighted by Gasteiger charge is -2.02. The van der Waals surface area contributed by atoms with Gasteiger partial charge < -0.3 is 19.3 Å². The number of anilines is 2. The van der Waals surface area contributed by atoms with Crippen molar-refractivity contribution in [1.82, 2.24) is 9.97 Å². The summed E-state index contributed by atoms with van der Waals surface area (Å²) in [6, 6.07) is 23.8. The van der Waals surface area contributed by atoms with Gasteiger partial charge in [-0.05, 0) is 36.4 Å². The van der Waals surface area contributed by atoms with E-state index in [0.717, 1.165) is 11.1 Å². The number of hydrogen-bond acceptors (Lipinski definition) is 7. The van der Waals surface area contributed by atoms with Crippen LogP contribution in [-0.2, 0) is 0 Å². The second kappa shape index (κ2) is 8.13. The molecule has 0 saturated carbocycles. The Bertz CT molecular complexity index is 1180. The third kappa shape index (κ3) is 4.51. The fraction of sp³-hybridized carbons (Fsp3) is 0. The van der Waals surface area contributed by atoms with E-state index in [4.69, 9.17) is 19.3 Å². The van der Waals surface area contributed by atoms with Gasteiger partial charge >= 0.3 is 12.1 Å². The van der Waals surface area contributed by atoms with Gasteiger partial charge in [-0.3, -0.25) is 0 Å². The van der Waals surface area contributed by atoms with Crippen LogP contribution in [0.3, 0.4) is 0 Å². The molecule has 2 aromatic heterocycles. The highest BCUT2D eigenvalue weighted by atomic mass is 16.6. The van der Waals surface area contributed by atoms with Gasteiger partial charge in [0.05, 0.1) is 0 Å². The van der Waals surface area contributed by atoms with E-state index in [9.17, 15) is 4.79 Å². The van der Waals surface area contributed by atoms with E-state index in [0.29, 0.717) is 16.8 Å². The Morgan fingerprint density at radius 1 is 0.793 bits per heavy atom. The van der Waals surface area contributed by atoms with Crippen LogP contribution in [0.4, 0.5) is 16.8 Å². The molecule has 5 rings (SSSR count). The maximum Gasteiger partial charge on any atom is 0.420 e. The monoisotopic (exact) mass is 388 g/mol. The van der Waals surface area contributed by atoms with Gasteiger partial charge in [0, 0.05) is 0 Å². The van der Waals surface area contributed by atoms with Crippen LogP contribution in [-0.4, -0.2) is 16.1 Å².